The SMILES string of the molecule is COc1cc(C(=O)N2CCCC2)ccc1B(O)O. The minimum Gasteiger partial charge on any atom is -0.497 e. The van der Waals surface area contributed by atoms with Gasteiger partial charge in [-0.25, -0.2) is 0 Å². The molecule has 0 atom stereocenters. The van der Waals surface area contributed by atoms with Gasteiger partial charge in [-0.05, 0) is 25.0 Å². The zero-order valence-electron chi connectivity index (χ0n) is 10.3. The minimum absolute atomic E-state index is 0.0372. The van der Waals surface area contributed by atoms with E-state index in [0.717, 1.165) is 25.9 Å². The van der Waals surface area contributed by atoms with E-state index in [1.54, 1.807) is 17.0 Å². The number of hydrogen-bond acceptors (Lipinski definition) is 4. The van der Waals surface area contributed by atoms with Gasteiger partial charge in [0.25, 0.3) is 5.91 Å². The van der Waals surface area contributed by atoms with Crippen molar-refractivity contribution in [2.24, 2.45) is 0 Å². The second kappa shape index (κ2) is 5.41. The number of carbonyl (C=O) groups excluding carboxylic acids is 1. The number of likely N-dealkylation sites (tertiary alicyclic amines) is 1. The van der Waals surface area contributed by atoms with Crippen LogP contribution in [0.4, 0.5) is 0 Å². The molecule has 0 aliphatic carbocycles. The Hall–Kier alpha value is -1.53. The van der Waals surface area contributed by atoms with Crippen LogP contribution >= 0.6 is 0 Å². The lowest BCUT2D eigenvalue weighted by molar-refractivity contribution is 0.0792. The molecule has 2 rings (SSSR count). The highest BCUT2D eigenvalue weighted by molar-refractivity contribution is 6.59. The van der Waals surface area contributed by atoms with Crippen molar-refractivity contribution in [2.45, 2.75) is 12.8 Å². The molecule has 0 radical (unpaired) electrons. The summed E-state index contributed by atoms with van der Waals surface area (Å²) in [6.07, 6.45) is 2.08. The van der Waals surface area contributed by atoms with Gasteiger partial charge in [0.05, 0.1) is 7.11 Å². The van der Waals surface area contributed by atoms with Gasteiger partial charge >= 0.3 is 7.12 Å². The first-order valence-electron chi connectivity index (χ1n) is 5.97. The Bertz CT molecular complexity index is 444. The van der Waals surface area contributed by atoms with Crippen molar-refractivity contribution in [2.75, 3.05) is 20.2 Å². The molecule has 1 saturated heterocycles. The summed E-state index contributed by atoms with van der Waals surface area (Å²) >= 11 is 0. The molecule has 0 spiro atoms. The Morgan fingerprint density at radius 2 is 2.00 bits per heavy atom. The van der Waals surface area contributed by atoms with Crippen LogP contribution in [0.5, 0.6) is 5.75 Å². The summed E-state index contributed by atoms with van der Waals surface area (Å²) in [5.41, 5.74) is 0.772. The number of ether oxygens (including phenoxy) is 1. The van der Waals surface area contributed by atoms with E-state index in [2.05, 4.69) is 0 Å². The second-order valence-electron chi connectivity index (χ2n) is 4.33. The molecule has 1 aliphatic heterocycles. The molecule has 2 N–H and O–H groups in total. The third kappa shape index (κ3) is 2.49. The molecule has 0 unspecified atom stereocenters. The molecule has 1 fully saturated rings. The maximum Gasteiger partial charge on any atom is 0.492 e. The summed E-state index contributed by atoms with van der Waals surface area (Å²) in [5.74, 6) is 0.278. The molecule has 1 aliphatic rings. The van der Waals surface area contributed by atoms with Crippen LogP contribution in [0.25, 0.3) is 0 Å². The third-order valence-electron chi connectivity index (χ3n) is 3.15. The summed E-state index contributed by atoms with van der Waals surface area (Å²) in [6.45, 7) is 1.57. The largest absolute Gasteiger partial charge is 0.497 e. The van der Waals surface area contributed by atoms with Gasteiger partial charge in [0, 0.05) is 24.1 Å². The van der Waals surface area contributed by atoms with Gasteiger partial charge in [-0.1, -0.05) is 6.07 Å². The van der Waals surface area contributed by atoms with E-state index in [4.69, 9.17) is 14.8 Å². The molecule has 1 aromatic carbocycles. The van der Waals surface area contributed by atoms with Crippen LogP contribution in [0.1, 0.15) is 23.2 Å². The summed E-state index contributed by atoms with van der Waals surface area (Å²) in [5, 5.41) is 18.3. The average molecular weight is 249 g/mol. The first kappa shape index (κ1) is 12.9. The number of carbonyl (C=O) groups is 1. The summed E-state index contributed by atoms with van der Waals surface area (Å²) < 4.78 is 5.07. The maximum absolute atomic E-state index is 12.1. The number of hydrogen-bond donors (Lipinski definition) is 2. The third-order valence-corrected chi connectivity index (χ3v) is 3.15. The number of nitrogens with zero attached hydrogens (tertiary/aromatic N) is 1. The number of rotatable bonds is 3. The van der Waals surface area contributed by atoms with E-state index >= 15 is 0 Å². The van der Waals surface area contributed by atoms with E-state index < -0.39 is 7.12 Å². The monoisotopic (exact) mass is 249 g/mol. The molecule has 0 aromatic heterocycles. The summed E-state index contributed by atoms with van der Waals surface area (Å²) in [6, 6.07) is 4.65. The van der Waals surface area contributed by atoms with Crippen molar-refractivity contribution in [3.8, 4) is 5.75 Å². The van der Waals surface area contributed by atoms with Crippen molar-refractivity contribution in [3.05, 3.63) is 23.8 Å². The second-order valence-corrected chi connectivity index (χ2v) is 4.33. The number of amides is 1. The topological polar surface area (TPSA) is 70.0 Å². The highest BCUT2D eigenvalue weighted by Crippen LogP contribution is 2.16. The molecule has 0 saturated carbocycles. The Morgan fingerprint density at radius 1 is 1.33 bits per heavy atom. The molecule has 0 bridgehead atoms. The van der Waals surface area contributed by atoms with Crippen LogP contribution in [-0.2, 0) is 0 Å². The standard InChI is InChI=1S/C12H16BNO4/c1-18-11-8-9(4-5-10(11)13(16)17)12(15)14-6-2-3-7-14/h4-5,8,16-17H,2-3,6-7H2,1H3. The fourth-order valence-electron chi connectivity index (χ4n) is 2.16. The van der Waals surface area contributed by atoms with Gasteiger partial charge < -0.3 is 19.7 Å². The van der Waals surface area contributed by atoms with Crippen LogP contribution in [0.15, 0.2) is 18.2 Å². The molecular formula is C12H16BNO4. The van der Waals surface area contributed by atoms with Crippen LogP contribution in [0.3, 0.4) is 0 Å². The Balaban J connectivity index is 2.26. The van der Waals surface area contributed by atoms with E-state index in [-0.39, 0.29) is 11.4 Å². The molecule has 1 heterocycles. The first-order chi connectivity index (χ1) is 8.63. The lowest BCUT2D eigenvalue weighted by atomic mass is 9.79. The van der Waals surface area contributed by atoms with E-state index in [9.17, 15) is 4.79 Å². The average Bonchev–Trinajstić information content (AvgIpc) is 2.90. The Labute approximate surface area is 106 Å². The molecule has 18 heavy (non-hydrogen) atoms. The van der Waals surface area contributed by atoms with Gasteiger partial charge in [-0.15, -0.1) is 0 Å². The van der Waals surface area contributed by atoms with Crippen LogP contribution < -0.4 is 10.2 Å². The zero-order chi connectivity index (χ0) is 13.1. The molecule has 6 heteroatoms. The van der Waals surface area contributed by atoms with Gasteiger partial charge in [0.2, 0.25) is 0 Å². The number of methoxy groups -OCH3 is 1. The fourth-order valence-corrected chi connectivity index (χ4v) is 2.16. The predicted molar refractivity (Wildman–Crippen MR) is 68.0 cm³/mol. The highest BCUT2D eigenvalue weighted by Gasteiger charge is 2.22. The quantitative estimate of drug-likeness (QED) is 0.716. The van der Waals surface area contributed by atoms with E-state index in [1.807, 2.05) is 0 Å². The smallest absolute Gasteiger partial charge is 0.492 e. The number of benzene rings is 1. The van der Waals surface area contributed by atoms with E-state index in [1.165, 1.54) is 13.2 Å². The van der Waals surface area contributed by atoms with Crippen molar-refractivity contribution in [1.29, 1.82) is 0 Å². The van der Waals surface area contributed by atoms with Gasteiger partial charge in [0.15, 0.2) is 0 Å². The lowest BCUT2D eigenvalue weighted by Crippen LogP contribution is -2.32. The van der Waals surface area contributed by atoms with Crippen LogP contribution in [0, 0.1) is 0 Å². The summed E-state index contributed by atoms with van der Waals surface area (Å²) in [4.78, 5) is 13.9. The summed E-state index contributed by atoms with van der Waals surface area (Å²) in [7, 11) is -0.165. The van der Waals surface area contributed by atoms with Gasteiger partial charge in [-0.2, -0.15) is 0 Å². The molecule has 96 valence electrons. The van der Waals surface area contributed by atoms with Crippen LogP contribution in [-0.4, -0.2) is 48.2 Å². The zero-order valence-corrected chi connectivity index (χ0v) is 10.3. The molecule has 1 amide bonds. The van der Waals surface area contributed by atoms with Crippen molar-refractivity contribution in [3.63, 3.8) is 0 Å². The molecular weight excluding hydrogens is 233 g/mol. The normalized spacial score (nSPS) is 14.7. The molecule has 1 aromatic rings. The first-order valence-corrected chi connectivity index (χ1v) is 5.97. The lowest BCUT2D eigenvalue weighted by Gasteiger charge is -2.16. The van der Waals surface area contributed by atoms with E-state index in [0.29, 0.717) is 11.3 Å². The predicted octanol–water partition coefficient (Wildman–Crippen LogP) is -0.389. The Morgan fingerprint density at radius 3 is 2.56 bits per heavy atom. The maximum atomic E-state index is 12.1. The van der Waals surface area contributed by atoms with Gasteiger partial charge in [-0.3, -0.25) is 4.79 Å². The van der Waals surface area contributed by atoms with Gasteiger partial charge in [0.1, 0.15) is 5.75 Å². The highest BCUT2D eigenvalue weighted by atomic mass is 16.5. The molecule has 5 nitrogen and oxygen atoms in total. The van der Waals surface area contributed by atoms with Crippen molar-refractivity contribution in [1.82, 2.24) is 4.90 Å². The van der Waals surface area contributed by atoms with Crippen LogP contribution in [0.2, 0.25) is 0 Å². The minimum atomic E-state index is -1.60. The Kier molecular flexibility index (Phi) is 3.89. The van der Waals surface area contributed by atoms with Crippen molar-refractivity contribution < 1.29 is 19.6 Å². The fraction of sp³-hybridized carbons (Fsp3) is 0.417. The van der Waals surface area contributed by atoms with Crippen molar-refractivity contribution >= 4 is 18.5 Å².